The van der Waals surface area contributed by atoms with Gasteiger partial charge in [-0.15, -0.1) is 0 Å². The number of pyridine rings is 1. The molecule has 0 aliphatic carbocycles. The number of aromatic nitrogens is 1. The number of ether oxygens (including phenoxy) is 1. The molecule has 0 saturated carbocycles. The second kappa shape index (κ2) is 6.79. The molecule has 0 radical (unpaired) electrons. The maximum Gasteiger partial charge on any atom is 0.166 e. The molecule has 4 rings (SSSR count). The number of anilines is 2. The predicted molar refractivity (Wildman–Crippen MR) is 105 cm³/mol. The van der Waals surface area contributed by atoms with Crippen molar-refractivity contribution in [2.75, 3.05) is 5.32 Å². The van der Waals surface area contributed by atoms with E-state index in [-0.39, 0.29) is 11.9 Å². The smallest absolute Gasteiger partial charge is 0.166 e. The van der Waals surface area contributed by atoms with Crippen molar-refractivity contribution in [1.82, 2.24) is 4.98 Å². The minimum absolute atomic E-state index is 0.107. The highest BCUT2D eigenvalue weighted by molar-refractivity contribution is 6.10. The quantitative estimate of drug-likeness (QED) is 0.638. The van der Waals surface area contributed by atoms with Gasteiger partial charge in [0.2, 0.25) is 0 Å². The standard InChI is InChI=1S/C22H22N2O2/c1-3-7-19(25)18-13-23-21-17(11-10-15-12-14(2)26-22(15)21)20(18)24-16-8-5-4-6-9-16/h4-6,8-11,13-14H,3,7,12H2,1-2H3,(H,23,24). The molecule has 0 bridgehead atoms. The molecule has 2 heterocycles. The van der Waals surface area contributed by atoms with Gasteiger partial charge in [0.25, 0.3) is 0 Å². The fourth-order valence-electron chi connectivity index (χ4n) is 3.50. The van der Waals surface area contributed by atoms with Crippen LogP contribution in [0.1, 0.15) is 42.6 Å². The highest BCUT2D eigenvalue weighted by Gasteiger charge is 2.24. The van der Waals surface area contributed by atoms with Crippen LogP contribution in [0.3, 0.4) is 0 Å². The van der Waals surface area contributed by atoms with Crippen LogP contribution in [0.5, 0.6) is 5.75 Å². The van der Waals surface area contributed by atoms with Gasteiger partial charge in [-0.3, -0.25) is 9.78 Å². The second-order valence-electron chi connectivity index (χ2n) is 6.79. The first-order valence-corrected chi connectivity index (χ1v) is 9.14. The SMILES string of the molecule is CCCC(=O)c1cnc2c3c(ccc2c1Nc1ccccc1)CC(C)O3. The van der Waals surface area contributed by atoms with E-state index in [1.807, 2.05) is 37.3 Å². The summed E-state index contributed by atoms with van der Waals surface area (Å²) in [5.41, 5.74) is 4.38. The lowest BCUT2D eigenvalue weighted by Crippen LogP contribution is -2.07. The largest absolute Gasteiger partial charge is 0.488 e. The Morgan fingerprint density at radius 1 is 1.23 bits per heavy atom. The van der Waals surface area contributed by atoms with Crippen LogP contribution in [0.4, 0.5) is 11.4 Å². The Morgan fingerprint density at radius 3 is 2.81 bits per heavy atom. The number of para-hydroxylation sites is 1. The molecule has 1 unspecified atom stereocenters. The summed E-state index contributed by atoms with van der Waals surface area (Å²) in [5.74, 6) is 0.954. The van der Waals surface area contributed by atoms with Crippen LogP contribution in [-0.2, 0) is 6.42 Å². The molecule has 4 nitrogen and oxygen atoms in total. The summed E-state index contributed by atoms with van der Waals surface area (Å²) in [6.45, 7) is 4.08. The van der Waals surface area contributed by atoms with Gasteiger partial charge in [0.05, 0.1) is 11.3 Å². The van der Waals surface area contributed by atoms with E-state index >= 15 is 0 Å². The van der Waals surface area contributed by atoms with E-state index in [1.54, 1.807) is 6.20 Å². The number of fused-ring (bicyclic) bond motifs is 3. The van der Waals surface area contributed by atoms with Crippen molar-refractivity contribution >= 4 is 28.1 Å². The topological polar surface area (TPSA) is 51.2 Å². The number of rotatable bonds is 5. The van der Waals surface area contributed by atoms with Crippen molar-refractivity contribution in [2.45, 2.75) is 39.2 Å². The van der Waals surface area contributed by atoms with Crippen molar-refractivity contribution in [2.24, 2.45) is 0 Å². The molecule has 1 aliphatic rings. The summed E-state index contributed by atoms with van der Waals surface area (Å²) >= 11 is 0. The number of Topliss-reactive ketones (excluding diaryl/α,β-unsaturated/α-hetero) is 1. The van der Waals surface area contributed by atoms with Crippen LogP contribution in [0.2, 0.25) is 0 Å². The molecule has 26 heavy (non-hydrogen) atoms. The monoisotopic (exact) mass is 346 g/mol. The number of benzene rings is 2. The summed E-state index contributed by atoms with van der Waals surface area (Å²) < 4.78 is 6.00. The molecule has 1 atom stereocenters. The number of hydrogen-bond donors (Lipinski definition) is 1. The van der Waals surface area contributed by atoms with Crippen molar-refractivity contribution < 1.29 is 9.53 Å². The molecular formula is C22H22N2O2. The van der Waals surface area contributed by atoms with Crippen LogP contribution in [0.15, 0.2) is 48.7 Å². The average molecular weight is 346 g/mol. The van der Waals surface area contributed by atoms with Crippen LogP contribution in [0.25, 0.3) is 10.9 Å². The predicted octanol–water partition coefficient (Wildman–Crippen LogP) is 5.28. The van der Waals surface area contributed by atoms with Crippen LogP contribution in [0, 0.1) is 0 Å². The Balaban J connectivity index is 1.90. The Hall–Kier alpha value is -2.88. The Morgan fingerprint density at radius 2 is 2.04 bits per heavy atom. The highest BCUT2D eigenvalue weighted by Crippen LogP contribution is 2.39. The van der Waals surface area contributed by atoms with E-state index in [9.17, 15) is 4.79 Å². The van der Waals surface area contributed by atoms with Crippen molar-refractivity contribution in [1.29, 1.82) is 0 Å². The third-order valence-corrected chi connectivity index (χ3v) is 4.72. The lowest BCUT2D eigenvalue weighted by molar-refractivity contribution is 0.0982. The molecule has 0 saturated heterocycles. The van der Waals surface area contributed by atoms with Gasteiger partial charge in [0, 0.05) is 35.7 Å². The van der Waals surface area contributed by atoms with E-state index < -0.39 is 0 Å². The van der Waals surface area contributed by atoms with Gasteiger partial charge in [-0.2, -0.15) is 0 Å². The molecule has 1 aromatic heterocycles. The Bertz CT molecular complexity index is 967. The average Bonchev–Trinajstić information content (AvgIpc) is 3.03. The minimum atomic E-state index is 0.107. The third kappa shape index (κ3) is 2.92. The fourth-order valence-corrected chi connectivity index (χ4v) is 3.50. The molecule has 2 aromatic carbocycles. The Kier molecular flexibility index (Phi) is 4.33. The number of ketones is 1. The van der Waals surface area contributed by atoms with Crippen molar-refractivity contribution in [3.8, 4) is 5.75 Å². The summed E-state index contributed by atoms with van der Waals surface area (Å²) in [7, 11) is 0. The van der Waals surface area contributed by atoms with Gasteiger partial charge in [0.15, 0.2) is 5.78 Å². The maximum absolute atomic E-state index is 12.7. The minimum Gasteiger partial charge on any atom is -0.488 e. The maximum atomic E-state index is 12.7. The van der Waals surface area contributed by atoms with E-state index in [4.69, 9.17) is 4.74 Å². The number of nitrogens with zero attached hydrogens (tertiary/aromatic N) is 1. The first-order chi connectivity index (χ1) is 12.7. The van der Waals surface area contributed by atoms with Gasteiger partial charge in [-0.05, 0) is 25.5 Å². The number of hydrogen-bond acceptors (Lipinski definition) is 4. The van der Waals surface area contributed by atoms with Gasteiger partial charge in [0.1, 0.15) is 17.4 Å². The number of carbonyl (C=O) groups excluding carboxylic acids is 1. The third-order valence-electron chi connectivity index (χ3n) is 4.72. The van der Waals surface area contributed by atoms with Gasteiger partial charge in [-0.25, -0.2) is 0 Å². The van der Waals surface area contributed by atoms with E-state index in [0.717, 1.165) is 40.9 Å². The summed E-state index contributed by atoms with van der Waals surface area (Å²) in [5, 5.41) is 4.36. The number of nitrogens with one attached hydrogen (secondary N) is 1. The molecule has 132 valence electrons. The van der Waals surface area contributed by atoms with Crippen LogP contribution >= 0.6 is 0 Å². The molecule has 0 spiro atoms. The molecule has 4 heteroatoms. The van der Waals surface area contributed by atoms with Crippen LogP contribution in [-0.4, -0.2) is 16.9 Å². The van der Waals surface area contributed by atoms with Crippen molar-refractivity contribution in [3.05, 3.63) is 59.8 Å². The molecule has 3 aromatic rings. The first kappa shape index (κ1) is 16.6. The van der Waals surface area contributed by atoms with Gasteiger partial charge < -0.3 is 10.1 Å². The van der Waals surface area contributed by atoms with E-state index in [0.29, 0.717) is 12.0 Å². The zero-order chi connectivity index (χ0) is 18.1. The molecule has 1 N–H and O–H groups in total. The van der Waals surface area contributed by atoms with Gasteiger partial charge >= 0.3 is 0 Å². The fraction of sp³-hybridized carbons (Fsp3) is 0.273. The lowest BCUT2D eigenvalue weighted by atomic mass is 10.0. The van der Waals surface area contributed by atoms with E-state index in [2.05, 4.69) is 29.4 Å². The first-order valence-electron chi connectivity index (χ1n) is 9.14. The molecule has 0 fully saturated rings. The van der Waals surface area contributed by atoms with E-state index in [1.165, 1.54) is 5.56 Å². The zero-order valence-corrected chi connectivity index (χ0v) is 15.1. The second-order valence-corrected chi connectivity index (χ2v) is 6.79. The summed E-state index contributed by atoms with van der Waals surface area (Å²) in [6.07, 6.45) is 4.06. The molecule has 1 aliphatic heterocycles. The molecular weight excluding hydrogens is 324 g/mol. The van der Waals surface area contributed by atoms with Crippen LogP contribution < -0.4 is 10.1 Å². The number of carbonyl (C=O) groups is 1. The van der Waals surface area contributed by atoms with Gasteiger partial charge in [-0.1, -0.05) is 37.3 Å². The summed E-state index contributed by atoms with van der Waals surface area (Å²) in [6, 6.07) is 14.0. The normalized spacial score (nSPS) is 15.5. The summed E-state index contributed by atoms with van der Waals surface area (Å²) in [4.78, 5) is 17.3. The highest BCUT2D eigenvalue weighted by atomic mass is 16.5. The Labute approximate surface area is 153 Å². The van der Waals surface area contributed by atoms with Crippen molar-refractivity contribution in [3.63, 3.8) is 0 Å². The molecule has 0 amide bonds. The lowest BCUT2D eigenvalue weighted by Gasteiger charge is -2.15. The zero-order valence-electron chi connectivity index (χ0n) is 15.1.